The van der Waals surface area contributed by atoms with E-state index < -0.39 is 0 Å². The number of amides is 2. The van der Waals surface area contributed by atoms with Gasteiger partial charge in [-0.3, -0.25) is 9.59 Å². The summed E-state index contributed by atoms with van der Waals surface area (Å²) >= 11 is 4.85. The summed E-state index contributed by atoms with van der Waals surface area (Å²) in [4.78, 5) is 26.1. The average molecular weight is 442 g/mol. The van der Waals surface area contributed by atoms with Gasteiger partial charge in [-0.05, 0) is 69.6 Å². The Morgan fingerprint density at radius 3 is 2.58 bits per heavy atom. The Hall–Kier alpha value is -1.05. The van der Waals surface area contributed by atoms with E-state index in [2.05, 4.69) is 38.5 Å². The molecule has 1 aromatic rings. The number of halogens is 1. The number of rotatable bonds is 9. The second kappa shape index (κ2) is 11.6. The Labute approximate surface area is 168 Å². The molecule has 1 aliphatic heterocycles. The quantitative estimate of drug-likeness (QED) is 0.576. The van der Waals surface area contributed by atoms with Crippen LogP contribution in [0.15, 0.2) is 28.7 Å². The van der Waals surface area contributed by atoms with E-state index in [0.717, 1.165) is 42.1 Å². The number of benzene rings is 1. The molecule has 1 saturated heterocycles. The van der Waals surface area contributed by atoms with Crippen LogP contribution in [0, 0.1) is 5.92 Å². The molecule has 0 aliphatic carbocycles. The largest absolute Gasteiger partial charge is 0.356 e. The molecule has 0 atom stereocenters. The first kappa shape index (κ1) is 21.3. The zero-order valence-electron chi connectivity index (χ0n) is 15.3. The number of nitrogens with one attached hydrogen (secondary N) is 2. The van der Waals surface area contributed by atoms with Gasteiger partial charge in [-0.15, -0.1) is 0 Å². The van der Waals surface area contributed by atoms with Crippen LogP contribution >= 0.6 is 27.7 Å². The minimum atomic E-state index is -0.0417. The van der Waals surface area contributed by atoms with Crippen molar-refractivity contribution in [3.63, 3.8) is 0 Å². The molecule has 1 aromatic carbocycles. The van der Waals surface area contributed by atoms with E-state index in [9.17, 15) is 9.59 Å². The average Bonchev–Trinajstić information content (AvgIpc) is 2.62. The van der Waals surface area contributed by atoms with Crippen molar-refractivity contribution in [2.24, 2.45) is 5.92 Å². The van der Waals surface area contributed by atoms with Crippen molar-refractivity contribution >= 4 is 45.2 Å². The molecule has 2 amide bonds. The van der Waals surface area contributed by atoms with E-state index >= 15 is 0 Å². The Morgan fingerprint density at radius 1 is 1.19 bits per heavy atom. The maximum atomic E-state index is 11.9. The molecule has 144 valence electrons. The SMILES string of the molecule is CN1CCC(CCNC(=O)CCSCC(=O)Nc2ccc(Br)cc2)CC1. The molecule has 0 radical (unpaired) electrons. The van der Waals surface area contributed by atoms with Gasteiger partial charge in [0.15, 0.2) is 0 Å². The number of carbonyl (C=O) groups excluding carboxylic acids is 2. The molecule has 0 aromatic heterocycles. The van der Waals surface area contributed by atoms with Crippen LogP contribution in [0.4, 0.5) is 5.69 Å². The first-order valence-corrected chi connectivity index (χ1v) is 11.1. The number of hydrogen-bond donors (Lipinski definition) is 2. The predicted octanol–water partition coefficient (Wildman–Crippen LogP) is 3.36. The van der Waals surface area contributed by atoms with Crippen LogP contribution in [0.25, 0.3) is 0 Å². The zero-order chi connectivity index (χ0) is 18.8. The lowest BCUT2D eigenvalue weighted by molar-refractivity contribution is -0.120. The molecule has 1 fully saturated rings. The molecular weight excluding hydrogens is 414 g/mol. The molecule has 1 heterocycles. The Bertz CT molecular complexity index is 575. The van der Waals surface area contributed by atoms with E-state index in [-0.39, 0.29) is 11.8 Å². The second-order valence-corrected chi connectivity index (χ2v) is 8.76. The minimum Gasteiger partial charge on any atom is -0.356 e. The summed E-state index contributed by atoms with van der Waals surface area (Å²) in [6.07, 6.45) is 4.00. The maximum Gasteiger partial charge on any atom is 0.234 e. The number of anilines is 1. The van der Waals surface area contributed by atoms with Crippen molar-refractivity contribution in [3.8, 4) is 0 Å². The third kappa shape index (κ3) is 8.56. The first-order chi connectivity index (χ1) is 12.5. The summed E-state index contributed by atoms with van der Waals surface area (Å²) in [7, 11) is 2.16. The normalized spacial score (nSPS) is 15.6. The van der Waals surface area contributed by atoms with Crippen LogP contribution in [0.3, 0.4) is 0 Å². The van der Waals surface area contributed by atoms with E-state index in [4.69, 9.17) is 0 Å². The Balaban J connectivity index is 1.49. The lowest BCUT2D eigenvalue weighted by Gasteiger charge is -2.28. The van der Waals surface area contributed by atoms with Crippen LogP contribution in [0.2, 0.25) is 0 Å². The van der Waals surface area contributed by atoms with Gasteiger partial charge in [0.2, 0.25) is 11.8 Å². The molecule has 7 heteroatoms. The molecule has 2 rings (SSSR count). The van der Waals surface area contributed by atoms with Gasteiger partial charge in [0.1, 0.15) is 0 Å². The topological polar surface area (TPSA) is 61.4 Å². The van der Waals surface area contributed by atoms with E-state index in [0.29, 0.717) is 17.9 Å². The van der Waals surface area contributed by atoms with Gasteiger partial charge in [-0.1, -0.05) is 15.9 Å². The molecule has 0 spiro atoms. The van der Waals surface area contributed by atoms with Gasteiger partial charge in [-0.2, -0.15) is 11.8 Å². The van der Waals surface area contributed by atoms with Gasteiger partial charge in [0, 0.05) is 28.9 Å². The molecule has 5 nitrogen and oxygen atoms in total. The summed E-state index contributed by atoms with van der Waals surface area (Å²) in [6.45, 7) is 3.09. The zero-order valence-corrected chi connectivity index (χ0v) is 17.7. The Kier molecular flexibility index (Phi) is 9.50. The smallest absolute Gasteiger partial charge is 0.234 e. The minimum absolute atomic E-state index is 0.0417. The number of likely N-dealkylation sites (tertiary alicyclic amines) is 1. The number of carbonyl (C=O) groups is 2. The summed E-state index contributed by atoms with van der Waals surface area (Å²) in [5, 5.41) is 5.85. The van der Waals surface area contributed by atoms with Gasteiger partial charge in [-0.25, -0.2) is 0 Å². The van der Waals surface area contributed by atoms with Crippen molar-refractivity contribution in [3.05, 3.63) is 28.7 Å². The van der Waals surface area contributed by atoms with Gasteiger partial charge >= 0.3 is 0 Å². The van der Waals surface area contributed by atoms with Crippen LogP contribution < -0.4 is 10.6 Å². The standard InChI is InChI=1S/C19H28BrN3O2S/c1-23-11-7-15(8-12-23)6-10-21-18(24)9-13-26-14-19(25)22-17-4-2-16(20)3-5-17/h2-5,15H,6-14H2,1H3,(H,21,24)(H,22,25). The molecule has 0 saturated carbocycles. The van der Waals surface area contributed by atoms with Gasteiger partial charge < -0.3 is 15.5 Å². The number of thioether (sulfide) groups is 1. The molecule has 0 bridgehead atoms. The van der Waals surface area contributed by atoms with Gasteiger partial charge in [0.05, 0.1) is 5.75 Å². The fourth-order valence-electron chi connectivity index (χ4n) is 2.91. The van der Waals surface area contributed by atoms with E-state index in [1.54, 1.807) is 0 Å². The monoisotopic (exact) mass is 441 g/mol. The lowest BCUT2D eigenvalue weighted by Crippen LogP contribution is -2.32. The predicted molar refractivity (Wildman–Crippen MR) is 113 cm³/mol. The van der Waals surface area contributed by atoms with Crippen LogP contribution in [-0.2, 0) is 9.59 Å². The highest BCUT2D eigenvalue weighted by Gasteiger charge is 2.16. The molecule has 26 heavy (non-hydrogen) atoms. The third-order valence-corrected chi connectivity index (χ3v) is 6.04. The molecule has 2 N–H and O–H groups in total. The summed E-state index contributed by atoms with van der Waals surface area (Å²) in [6, 6.07) is 7.48. The highest BCUT2D eigenvalue weighted by Crippen LogP contribution is 2.18. The van der Waals surface area contributed by atoms with Crippen LogP contribution in [0.5, 0.6) is 0 Å². The van der Waals surface area contributed by atoms with Crippen molar-refractivity contribution in [1.29, 1.82) is 0 Å². The highest BCUT2D eigenvalue weighted by molar-refractivity contribution is 9.10. The maximum absolute atomic E-state index is 11.9. The Morgan fingerprint density at radius 2 is 1.88 bits per heavy atom. The van der Waals surface area contributed by atoms with Crippen LogP contribution in [-0.4, -0.2) is 54.9 Å². The fraction of sp³-hybridized carbons (Fsp3) is 0.579. The lowest BCUT2D eigenvalue weighted by atomic mass is 9.94. The van der Waals surface area contributed by atoms with Crippen molar-refractivity contribution < 1.29 is 9.59 Å². The number of piperidine rings is 1. The van der Waals surface area contributed by atoms with E-state index in [1.165, 1.54) is 24.6 Å². The number of hydrogen-bond acceptors (Lipinski definition) is 4. The van der Waals surface area contributed by atoms with Crippen molar-refractivity contribution in [2.75, 3.05) is 43.5 Å². The molecular formula is C19H28BrN3O2S. The van der Waals surface area contributed by atoms with Crippen molar-refractivity contribution in [2.45, 2.75) is 25.7 Å². The molecule has 1 aliphatic rings. The first-order valence-electron chi connectivity index (χ1n) is 9.11. The summed E-state index contributed by atoms with van der Waals surface area (Å²) in [5.41, 5.74) is 0.783. The summed E-state index contributed by atoms with van der Waals surface area (Å²) in [5.74, 6) is 1.80. The van der Waals surface area contributed by atoms with Crippen LogP contribution in [0.1, 0.15) is 25.7 Å². The number of nitrogens with zero attached hydrogens (tertiary/aromatic N) is 1. The van der Waals surface area contributed by atoms with Crippen molar-refractivity contribution in [1.82, 2.24) is 10.2 Å². The van der Waals surface area contributed by atoms with Gasteiger partial charge in [0.25, 0.3) is 0 Å². The second-order valence-electron chi connectivity index (χ2n) is 6.74. The highest BCUT2D eigenvalue weighted by atomic mass is 79.9. The third-order valence-electron chi connectivity index (χ3n) is 4.55. The fourth-order valence-corrected chi connectivity index (χ4v) is 3.91. The molecule has 0 unspecified atom stereocenters. The summed E-state index contributed by atoms with van der Waals surface area (Å²) < 4.78 is 0.978. The van der Waals surface area contributed by atoms with E-state index in [1.807, 2.05) is 24.3 Å².